The van der Waals surface area contributed by atoms with Crippen LogP contribution in [0.2, 0.25) is 0 Å². The Bertz CT molecular complexity index is 651. The van der Waals surface area contributed by atoms with E-state index in [0.717, 1.165) is 31.7 Å². The SMILES string of the molecule is Cc1cccc(N2CCN(C(=O)NCc3ccncc3)CC2)c1. The molecule has 0 unspecified atom stereocenters. The largest absolute Gasteiger partial charge is 0.368 e. The molecule has 23 heavy (non-hydrogen) atoms. The number of aryl methyl sites for hydroxylation is 1. The van der Waals surface area contributed by atoms with Crippen molar-refractivity contribution in [1.82, 2.24) is 15.2 Å². The smallest absolute Gasteiger partial charge is 0.317 e. The van der Waals surface area contributed by atoms with Crippen molar-refractivity contribution in [2.45, 2.75) is 13.5 Å². The third-order valence-corrected chi connectivity index (χ3v) is 4.13. The Kier molecular flexibility index (Phi) is 4.76. The number of nitrogens with one attached hydrogen (secondary N) is 1. The van der Waals surface area contributed by atoms with Crippen LogP contribution in [0.1, 0.15) is 11.1 Å². The molecular weight excluding hydrogens is 288 g/mol. The fourth-order valence-corrected chi connectivity index (χ4v) is 2.78. The van der Waals surface area contributed by atoms with E-state index in [0.29, 0.717) is 6.54 Å². The molecule has 1 aliphatic heterocycles. The van der Waals surface area contributed by atoms with Crippen molar-refractivity contribution in [1.29, 1.82) is 0 Å². The topological polar surface area (TPSA) is 48.5 Å². The number of piperazine rings is 1. The van der Waals surface area contributed by atoms with Crippen LogP contribution in [-0.2, 0) is 6.54 Å². The highest BCUT2D eigenvalue weighted by Crippen LogP contribution is 2.17. The molecule has 0 bridgehead atoms. The highest BCUT2D eigenvalue weighted by molar-refractivity contribution is 5.74. The Balaban J connectivity index is 1.49. The predicted octanol–water partition coefficient (Wildman–Crippen LogP) is 2.42. The number of nitrogens with zero attached hydrogens (tertiary/aromatic N) is 3. The number of pyridine rings is 1. The third kappa shape index (κ3) is 4.00. The van der Waals surface area contributed by atoms with E-state index < -0.39 is 0 Å². The molecule has 1 aliphatic rings. The second-order valence-corrected chi connectivity index (χ2v) is 5.83. The number of urea groups is 1. The number of carbonyl (C=O) groups excluding carboxylic acids is 1. The third-order valence-electron chi connectivity index (χ3n) is 4.13. The van der Waals surface area contributed by atoms with Crippen LogP contribution in [0.4, 0.5) is 10.5 Å². The number of anilines is 1. The molecule has 1 saturated heterocycles. The molecule has 1 N–H and O–H groups in total. The minimum Gasteiger partial charge on any atom is -0.368 e. The van der Waals surface area contributed by atoms with E-state index in [1.165, 1.54) is 11.3 Å². The number of hydrogen-bond donors (Lipinski definition) is 1. The molecule has 0 radical (unpaired) electrons. The van der Waals surface area contributed by atoms with Crippen LogP contribution >= 0.6 is 0 Å². The van der Waals surface area contributed by atoms with Crippen molar-refractivity contribution in [2.24, 2.45) is 0 Å². The van der Waals surface area contributed by atoms with Gasteiger partial charge in [0.25, 0.3) is 0 Å². The monoisotopic (exact) mass is 310 g/mol. The Morgan fingerprint density at radius 3 is 2.57 bits per heavy atom. The summed E-state index contributed by atoms with van der Waals surface area (Å²) in [5.74, 6) is 0. The van der Waals surface area contributed by atoms with E-state index in [4.69, 9.17) is 0 Å². The number of rotatable bonds is 3. The lowest BCUT2D eigenvalue weighted by atomic mass is 10.2. The zero-order chi connectivity index (χ0) is 16.1. The fourth-order valence-electron chi connectivity index (χ4n) is 2.78. The zero-order valence-electron chi connectivity index (χ0n) is 13.4. The Labute approximate surface area is 136 Å². The normalized spacial score (nSPS) is 14.7. The molecule has 3 rings (SSSR count). The van der Waals surface area contributed by atoms with E-state index in [1.54, 1.807) is 12.4 Å². The molecule has 2 heterocycles. The van der Waals surface area contributed by atoms with Crippen molar-refractivity contribution >= 4 is 11.7 Å². The molecule has 0 aliphatic carbocycles. The van der Waals surface area contributed by atoms with Gasteiger partial charge in [0.05, 0.1) is 0 Å². The van der Waals surface area contributed by atoms with E-state index in [1.807, 2.05) is 17.0 Å². The predicted molar refractivity (Wildman–Crippen MR) is 91.4 cm³/mol. The summed E-state index contributed by atoms with van der Waals surface area (Å²) < 4.78 is 0. The number of amides is 2. The first-order valence-electron chi connectivity index (χ1n) is 7.96. The van der Waals surface area contributed by atoms with Gasteiger partial charge in [0.2, 0.25) is 0 Å². The second kappa shape index (κ2) is 7.13. The van der Waals surface area contributed by atoms with Crippen molar-refractivity contribution in [3.8, 4) is 0 Å². The Hall–Kier alpha value is -2.56. The Morgan fingerprint density at radius 2 is 1.87 bits per heavy atom. The van der Waals surface area contributed by atoms with E-state index in [9.17, 15) is 4.79 Å². The highest BCUT2D eigenvalue weighted by Gasteiger charge is 2.21. The second-order valence-electron chi connectivity index (χ2n) is 5.83. The van der Waals surface area contributed by atoms with Crippen LogP contribution in [0.15, 0.2) is 48.8 Å². The van der Waals surface area contributed by atoms with Gasteiger partial charge in [-0.1, -0.05) is 12.1 Å². The van der Waals surface area contributed by atoms with Crippen molar-refractivity contribution < 1.29 is 4.79 Å². The maximum absolute atomic E-state index is 12.2. The van der Waals surface area contributed by atoms with Gasteiger partial charge in [-0.25, -0.2) is 4.79 Å². The molecular formula is C18H22N4O. The average Bonchev–Trinajstić information content (AvgIpc) is 2.61. The van der Waals surface area contributed by atoms with Crippen LogP contribution in [0.25, 0.3) is 0 Å². The summed E-state index contributed by atoms with van der Waals surface area (Å²) in [4.78, 5) is 20.4. The molecule has 2 amide bonds. The maximum Gasteiger partial charge on any atom is 0.317 e. The lowest BCUT2D eigenvalue weighted by molar-refractivity contribution is 0.194. The van der Waals surface area contributed by atoms with Gasteiger partial charge in [0.1, 0.15) is 0 Å². The lowest BCUT2D eigenvalue weighted by Gasteiger charge is -2.36. The first-order valence-corrected chi connectivity index (χ1v) is 7.96. The zero-order valence-corrected chi connectivity index (χ0v) is 13.4. The van der Waals surface area contributed by atoms with Crippen LogP contribution in [0.3, 0.4) is 0 Å². The van der Waals surface area contributed by atoms with Crippen LogP contribution in [0, 0.1) is 6.92 Å². The van der Waals surface area contributed by atoms with Gasteiger partial charge >= 0.3 is 6.03 Å². The van der Waals surface area contributed by atoms with Gasteiger partial charge in [0.15, 0.2) is 0 Å². The van der Waals surface area contributed by atoms with Crippen molar-refractivity contribution in [3.63, 3.8) is 0 Å². The quantitative estimate of drug-likeness (QED) is 0.947. The minimum absolute atomic E-state index is 0.00528. The van der Waals surface area contributed by atoms with Crippen molar-refractivity contribution in [3.05, 3.63) is 59.9 Å². The summed E-state index contributed by atoms with van der Waals surface area (Å²) in [5, 5.41) is 2.97. The average molecular weight is 310 g/mol. The summed E-state index contributed by atoms with van der Waals surface area (Å²) >= 11 is 0. The molecule has 1 aromatic heterocycles. The molecule has 0 atom stereocenters. The molecule has 1 fully saturated rings. The van der Waals surface area contributed by atoms with Crippen LogP contribution in [-0.4, -0.2) is 42.1 Å². The number of benzene rings is 1. The van der Waals surface area contributed by atoms with Gasteiger partial charge in [-0.3, -0.25) is 4.98 Å². The van der Waals surface area contributed by atoms with Gasteiger partial charge in [-0.05, 0) is 42.3 Å². The molecule has 2 aromatic rings. The number of aromatic nitrogens is 1. The molecule has 0 spiro atoms. The summed E-state index contributed by atoms with van der Waals surface area (Å²) in [6.45, 7) is 5.87. The minimum atomic E-state index is 0.00528. The molecule has 0 saturated carbocycles. The number of carbonyl (C=O) groups is 1. The van der Waals surface area contributed by atoms with E-state index >= 15 is 0 Å². The summed E-state index contributed by atoms with van der Waals surface area (Å²) in [5.41, 5.74) is 3.56. The maximum atomic E-state index is 12.2. The van der Waals surface area contributed by atoms with Gasteiger partial charge in [0, 0.05) is 50.8 Å². The number of hydrogen-bond acceptors (Lipinski definition) is 3. The summed E-state index contributed by atoms with van der Waals surface area (Å²) in [7, 11) is 0. The fraction of sp³-hybridized carbons (Fsp3) is 0.333. The van der Waals surface area contributed by atoms with Crippen LogP contribution < -0.4 is 10.2 Å². The lowest BCUT2D eigenvalue weighted by Crippen LogP contribution is -2.51. The van der Waals surface area contributed by atoms with Gasteiger partial charge < -0.3 is 15.1 Å². The van der Waals surface area contributed by atoms with Gasteiger partial charge in [-0.15, -0.1) is 0 Å². The first-order chi connectivity index (χ1) is 11.2. The molecule has 1 aromatic carbocycles. The first kappa shape index (κ1) is 15.3. The summed E-state index contributed by atoms with van der Waals surface area (Å²) in [6.07, 6.45) is 3.48. The highest BCUT2D eigenvalue weighted by atomic mass is 16.2. The standard InChI is InChI=1S/C18H22N4O/c1-15-3-2-4-17(13-15)21-9-11-22(12-10-21)18(23)20-14-16-5-7-19-8-6-16/h2-8,13H,9-12,14H2,1H3,(H,20,23). The molecule has 120 valence electrons. The van der Waals surface area contributed by atoms with Crippen LogP contribution in [0.5, 0.6) is 0 Å². The summed E-state index contributed by atoms with van der Waals surface area (Å²) in [6, 6.07) is 12.3. The molecule has 5 nitrogen and oxygen atoms in total. The Morgan fingerprint density at radius 1 is 1.13 bits per heavy atom. The van der Waals surface area contributed by atoms with Crippen molar-refractivity contribution in [2.75, 3.05) is 31.1 Å². The van der Waals surface area contributed by atoms with E-state index in [-0.39, 0.29) is 6.03 Å². The van der Waals surface area contributed by atoms with E-state index in [2.05, 4.69) is 46.4 Å². The molecule has 5 heteroatoms. The van der Waals surface area contributed by atoms with Gasteiger partial charge in [-0.2, -0.15) is 0 Å².